The lowest BCUT2D eigenvalue weighted by Crippen LogP contribution is -2.21. The summed E-state index contributed by atoms with van der Waals surface area (Å²) >= 11 is 2.23. The number of aromatic nitrogens is 1. The number of phenolic OH excluding ortho intramolecular Hbond substituents is 1. The minimum Gasteiger partial charge on any atom is -0.507 e. The summed E-state index contributed by atoms with van der Waals surface area (Å²) in [6.45, 7) is -0.638. The summed E-state index contributed by atoms with van der Waals surface area (Å²) in [7, 11) is -2.28. The van der Waals surface area contributed by atoms with E-state index >= 15 is 0 Å². The fourth-order valence-corrected chi connectivity index (χ4v) is 5.75. The highest BCUT2D eigenvalue weighted by Crippen LogP contribution is 2.27. The number of sulfonamides is 1. The van der Waals surface area contributed by atoms with Gasteiger partial charge in [-0.25, -0.2) is 18.2 Å². The van der Waals surface area contributed by atoms with E-state index in [1.165, 1.54) is 23.5 Å². The largest absolute Gasteiger partial charge is 0.507 e. The Bertz CT molecular complexity index is 1480. The van der Waals surface area contributed by atoms with E-state index in [-0.39, 0.29) is 15.5 Å². The predicted octanol–water partition coefficient (Wildman–Crippen LogP) is 4.18. The Hall–Kier alpha value is -3.94. The second-order valence-corrected chi connectivity index (χ2v) is 10.9. The highest BCUT2D eigenvalue weighted by Gasteiger charge is 2.19. The van der Waals surface area contributed by atoms with Gasteiger partial charge >= 0.3 is 5.97 Å². The zero-order valence-corrected chi connectivity index (χ0v) is 21.1. The third kappa shape index (κ3) is 6.00. The summed E-state index contributed by atoms with van der Waals surface area (Å²) < 4.78 is 37.3. The monoisotopic (exact) mass is 545 g/mol. The van der Waals surface area contributed by atoms with E-state index in [1.807, 2.05) is 12.1 Å². The number of benzene rings is 2. The lowest BCUT2D eigenvalue weighted by atomic mass is 10.2. The Kier molecular flexibility index (Phi) is 7.52. The summed E-state index contributed by atoms with van der Waals surface area (Å²) in [4.78, 5) is 29.0. The molecule has 0 atom stereocenters. The topological polar surface area (TPSA) is 144 Å². The Morgan fingerprint density at radius 3 is 2.56 bits per heavy atom. The second kappa shape index (κ2) is 10.8. The van der Waals surface area contributed by atoms with Gasteiger partial charge in [-0.05, 0) is 53.9 Å². The number of rotatable bonds is 9. The maximum absolute atomic E-state index is 12.4. The van der Waals surface area contributed by atoms with Crippen LogP contribution in [0.1, 0.15) is 10.4 Å². The van der Waals surface area contributed by atoms with E-state index < -0.39 is 34.3 Å². The summed E-state index contributed by atoms with van der Waals surface area (Å²) in [5, 5.41) is 16.3. The van der Waals surface area contributed by atoms with Gasteiger partial charge in [-0.15, -0.1) is 22.7 Å². The van der Waals surface area contributed by atoms with Gasteiger partial charge in [0, 0.05) is 16.6 Å². The lowest BCUT2D eigenvalue weighted by molar-refractivity contribution is -0.119. The van der Waals surface area contributed by atoms with Crippen molar-refractivity contribution in [3.63, 3.8) is 0 Å². The number of thiophene rings is 1. The average Bonchev–Trinajstić information content (AvgIpc) is 3.57. The number of amides is 1. The molecule has 13 heteroatoms. The summed E-state index contributed by atoms with van der Waals surface area (Å²) in [6, 6.07) is 13.9. The number of anilines is 2. The van der Waals surface area contributed by atoms with Crippen LogP contribution in [0.2, 0.25) is 0 Å². The maximum Gasteiger partial charge on any atom is 0.342 e. The van der Waals surface area contributed by atoms with Crippen molar-refractivity contribution in [3.8, 4) is 22.8 Å². The number of carbonyl (C=O) groups is 2. The van der Waals surface area contributed by atoms with Gasteiger partial charge in [0.25, 0.3) is 15.9 Å². The first-order valence-corrected chi connectivity index (χ1v) is 13.5. The second-order valence-electron chi connectivity index (χ2n) is 7.16. The van der Waals surface area contributed by atoms with Gasteiger partial charge in [0.05, 0.1) is 12.8 Å². The molecule has 0 bridgehead atoms. The molecule has 0 unspecified atom stereocenters. The van der Waals surface area contributed by atoms with Gasteiger partial charge in [0.15, 0.2) is 11.7 Å². The molecule has 0 aliphatic heterocycles. The highest BCUT2D eigenvalue weighted by molar-refractivity contribution is 7.94. The summed E-state index contributed by atoms with van der Waals surface area (Å²) in [5.41, 5.74) is 1.24. The molecule has 0 spiro atoms. The molecule has 0 radical (unpaired) electrons. The van der Waals surface area contributed by atoms with Crippen molar-refractivity contribution >= 4 is 55.4 Å². The molecule has 2 aromatic heterocycles. The quantitative estimate of drug-likeness (QED) is 0.210. The fourth-order valence-electron chi connectivity index (χ4n) is 2.97. The minimum atomic E-state index is -3.85. The van der Waals surface area contributed by atoms with Crippen LogP contribution in [-0.4, -0.2) is 44.1 Å². The number of esters is 1. The molecule has 186 valence electrons. The van der Waals surface area contributed by atoms with E-state index in [2.05, 4.69) is 15.0 Å². The van der Waals surface area contributed by atoms with Crippen LogP contribution in [0.15, 0.2) is 69.6 Å². The van der Waals surface area contributed by atoms with Crippen LogP contribution in [0.25, 0.3) is 11.3 Å². The molecular weight excluding hydrogens is 526 g/mol. The van der Waals surface area contributed by atoms with Gasteiger partial charge in [-0.1, -0.05) is 6.07 Å². The fraction of sp³-hybridized carbons (Fsp3) is 0.0870. The lowest BCUT2D eigenvalue weighted by Gasteiger charge is -2.10. The third-order valence-corrected chi connectivity index (χ3v) is 8.24. The zero-order chi connectivity index (χ0) is 25.7. The Morgan fingerprint density at radius 2 is 1.86 bits per heavy atom. The van der Waals surface area contributed by atoms with Crippen LogP contribution in [0.4, 0.5) is 10.8 Å². The molecule has 2 aromatic carbocycles. The third-order valence-electron chi connectivity index (χ3n) is 4.70. The number of phenols is 1. The number of methoxy groups -OCH3 is 1. The molecule has 2 heterocycles. The van der Waals surface area contributed by atoms with Crippen molar-refractivity contribution in [1.82, 2.24) is 4.98 Å². The van der Waals surface area contributed by atoms with Crippen LogP contribution in [0, 0.1) is 0 Å². The molecule has 0 saturated heterocycles. The van der Waals surface area contributed by atoms with Crippen LogP contribution in [-0.2, 0) is 19.6 Å². The van der Waals surface area contributed by atoms with Crippen molar-refractivity contribution in [2.24, 2.45) is 0 Å². The van der Waals surface area contributed by atoms with Crippen LogP contribution in [0.5, 0.6) is 11.5 Å². The van der Waals surface area contributed by atoms with Gasteiger partial charge in [0.1, 0.15) is 21.3 Å². The summed E-state index contributed by atoms with van der Waals surface area (Å²) in [5.74, 6) is -1.35. The molecule has 0 saturated carbocycles. The number of nitrogens with zero attached hydrogens (tertiary/aromatic N) is 1. The molecule has 4 aromatic rings. The molecular formula is C23H19N3O7S3. The molecule has 0 fully saturated rings. The molecule has 4 rings (SSSR count). The number of hydrogen-bond donors (Lipinski definition) is 3. The van der Waals surface area contributed by atoms with Gasteiger partial charge in [0.2, 0.25) is 0 Å². The van der Waals surface area contributed by atoms with Crippen molar-refractivity contribution in [2.75, 3.05) is 23.8 Å². The first-order valence-electron chi connectivity index (χ1n) is 10.2. The van der Waals surface area contributed by atoms with Crippen molar-refractivity contribution in [1.29, 1.82) is 0 Å². The highest BCUT2D eigenvalue weighted by atomic mass is 32.2. The molecule has 0 aliphatic rings. The Labute approximate surface area is 214 Å². The van der Waals surface area contributed by atoms with Gasteiger partial charge in [-0.3, -0.25) is 14.8 Å². The zero-order valence-electron chi connectivity index (χ0n) is 18.6. The molecule has 0 aliphatic carbocycles. The number of ether oxygens (including phenoxy) is 2. The van der Waals surface area contributed by atoms with E-state index in [0.29, 0.717) is 16.6 Å². The summed E-state index contributed by atoms with van der Waals surface area (Å²) in [6.07, 6.45) is 0. The molecule has 1 amide bonds. The van der Waals surface area contributed by atoms with E-state index in [0.717, 1.165) is 29.0 Å². The smallest absolute Gasteiger partial charge is 0.342 e. The number of hydrogen-bond acceptors (Lipinski definition) is 10. The first-order chi connectivity index (χ1) is 17.2. The number of thiazole rings is 1. The van der Waals surface area contributed by atoms with Gasteiger partial charge < -0.3 is 14.6 Å². The standard InChI is InChI=1S/C23H19N3O7S3/c1-32-16-7-4-14(5-8-16)18-13-35-23(24-18)25-20(28)12-33-22(29)17-11-15(6-9-19(17)27)26-36(30,31)21-3-2-10-34-21/h2-11,13,26-27H,12H2,1H3,(H,24,25,28). The van der Waals surface area contributed by atoms with Crippen molar-refractivity contribution < 1.29 is 32.6 Å². The van der Waals surface area contributed by atoms with Gasteiger partial charge in [-0.2, -0.15) is 0 Å². The van der Waals surface area contributed by atoms with Crippen LogP contribution < -0.4 is 14.8 Å². The van der Waals surface area contributed by atoms with Crippen molar-refractivity contribution in [2.45, 2.75) is 4.21 Å². The number of carbonyl (C=O) groups excluding carboxylic acids is 2. The van der Waals surface area contributed by atoms with Crippen LogP contribution >= 0.6 is 22.7 Å². The number of aromatic hydroxyl groups is 1. The molecule has 3 N–H and O–H groups in total. The van der Waals surface area contributed by atoms with Crippen LogP contribution in [0.3, 0.4) is 0 Å². The predicted molar refractivity (Wildman–Crippen MR) is 136 cm³/mol. The molecule has 10 nitrogen and oxygen atoms in total. The molecule has 36 heavy (non-hydrogen) atoms. The first kappa shape index (κ1) is 25.2. The van der Waals surface area contributed by atoms with Crippen molar-refractivity contribution in [3.05, 3.63) is 70.9 Å². The minimum absolute atomic E-state index is 0.0476. The normalized spacial score (nSPS) is 11.0. The Morgan fingerprint density at radius 1 is 1.08 bits per heavy atom. The number of nitrogens with one attached hydrogen (secondary N) is 2. The average molecular weight is 546 g/mol. The Balaban J connectivity index is 1.35. The SMILES string of the molecule is COc1ccc(-c2csc(NC(=O)COC(=O)c3cc(NS(=O)(=O)c4cccs4)ccc3O)n2)cc1. The van der Waals surface area contributed by atoms with E-state index in [4.69, 9.17) is 9.47 Å². The van der Waals surface area contributed by atoms with E-state index in [1.54, 1.807) is 36.1 Å². The maximum atomic E-state index is 12.4. The van der Waals surface area contributed by atoms with E-state index in [9.17, 15) is 23.1 Å².